The minimum Gasteiger partial charge on any atom is -0.465 e. The third-order valence-corrected chi connectivity index (χ3v) is 5.38. The largest absolute Gasteiger partial charge is 0.465 e. The lowest BCUT2D eigenvalue weighted by atomic mass is 10.0. The van der Waals surface area contributed by atoms with Crippen LogP contribution in [0.15, 0.2) is 23.1 Å². The van der Waals surface area contributed by atoms with E-state index >= 15 is 0 Å². The number of hydrogen-bond acceptors (Lipinski definition) is 5. The standard InChI is InChI=1S/C15H22N2O4S.ClH/c1-10-8-13(4-5-14(10)15(18)21-3)22(19,20)17-12-6-7-16-11(2)9-12;/h4-5,8,11-12,16-17H,6-7,9H2,1-3H3;1H. The Morgan fingerprint density at radius 1 is 1.39 bits per heavy atom. The number of aryl methyl sites for hydroxylation is 1. The molecule has 0 aromatic heterocycles. The molecule has 1 heterocycles. The highest BCUT2D eigenvalue weighted by atomic mass is 35.5. The minimum absolute atomic E-state index is 0. The van der Waals surface area contributed by atoms with Gasteiger partial charge in [-0.2, -0.15) is 0 Å². The quantitative estimate of drug-likeness (QED) is 0.795. The van der Waals surface area contributed by atoms with Gasteiger partial charge in [-0.15, -0.1) is 12.4 Å². The number of sulfonamides is 1. The number of carbonyl (C=O) groups excluding carboxylic acids is 1. The summed E-state index contributed by atoms with van der Waals surface area (Å²) in [7, 11) is -2.29. The molecule has 1 saturated heterocycles. The molecule has 2 unspecified atom stereocenters. The van der Waals surface area contributed by atoms with Crippen LogP contribution in [0.1, 0.15) is 35.7 Å². The van der Waals surface area contributed by atoms with E-state index < -0.39 is 16.0 Å². The molecule has 1 aromatic rings. The summed E-state index contributed by atoms with van der Waals surface area (Å²) in [6.45, 7) is 4.53. The van der Waals surface area contributed by atoms with E-state index in [9.17, 15) is 13.2 Å². The van der Waals surface area contributed by atoms with Crippen LogP contribution >= 0.6 is 12.4 Å². The first kappa shape index (κ1) is 19.9. The van der Waals surface area contributed by atoms with Gasteiger partial charge in [-0.25, -0.2) is 17.9 Å². The van der Waals surface area contributed by atoms with Crippen molar-refractivity contribution in [3.63, 3.8) is 0 Å². The van der Waals surface area contributed by atoms with Gasteiger partial charge in [-0.05, 0) is 57.0 Å². The van der Waals surface area contributed by atoms with E-state index in [0.717, 1.165) is 19.4 Å². The second kappa shape index (κ2) is 8.10. The zero-order chi connectivity index (χ0) is 16.3. The molecule has 0 saturated carbocycles. The lowest BCUT2D eigenvalue weighted by Gasteiger charge is -2.28. The minimum atomic E-state index is -3.58. The van der Waals surface area contributed by atoms with Crippen molar-refractivity contribution in [3.8, 4) is 0 Å². The zero-order valence-electron chi connectivity index (χ0n) is 13.5. The van der Waals surface area contributed by atoms with E-state index in [1.807, 2.05) is 6.92 Å². The molecule has 6 nitrogen and oxygen atoms in total. The summed E-state index contributed by atoms with van der Waals surface area (Å²) in [4.78, 5) is 11.7. The second-order valence-corrected chi connectivity index (χ2v) is 7.38. The zero-order valence-corrected chi connectivity index (χ0v) is 15.1. The number of methoxy groups -OCH3 is 1. The third kappa shape index (κ3) is 4.91. The van der Waals surface area contributed by atoms with Crippen LogP contribution in [0.3, 0.4) is 0 Å². The van der Waals surface area contributed by atoms with Gasteiger partial charge in [0.25, 0.3) is 0 Å². The number of nitrogens with one attached hydrogen (secondary N) is 2. The fraction of sp³-hybridized carbons (Fsp3) is 0.533. The molecule has 2 atom stereocenters. The molecule has 0 aliphatic carbocycles. The molecule has 0 spiro atoms. The van der Waals surface area contributed by atoms with Crippen molar-refractivity contribution in [2.45, 2.75) is 43.7 Å². The van der Waals surface area contributed by atoms with Gasteiger partial charge in [-0.3, -0.25) is 0 Å². The Hall–Kier alpha value is -1.15. The summed E-state index contributed by atoms with van der Waals surface area (Å²) >= 11 is 0. The molecular formula is C15H23ClN2O4S. The number of rotatable bonds is 4. The highest BCUT2D eigenvalue weighted by molar-refractivity contribution is 7.89. The van der Waals surface area contributed by atoms with Crippen LogP contribution in [-0.4, -0.2) is 40.1 Å². The molecular weight excluding hydrogens is 340 g/mol. The fourth-order valence-electron chi connectivity index (χ4n) is 2.67. The first-order valence-corrected chi connectivity index (χ1v) is 8.76. The van der Waals surface area contributed by atoms with Crippen LogP contribution in [0.25, 0.3) is 0 Å². The number of halogens is 1. The molecule has 1 fully saturated rings. The molecule has 1 aromatic carbocycles. The molecule has 1 aliphatic heterocycles. The first-order chi connectivity index (χ1) is 10.3. The Balaban J connectivity index is 0.00000264. The molecule has 0 amide bonds. The van der Waals surface area contributed by atoms with Gasteiger partial charge in [0.05, 0.1) is 17.6 Å². The number of esters is 1. The Morgan fingerprint density at radius 2 is 2.09 bits per heavy atom. The van der Waals surface area contributed by atoms with Gasteiger partial charge in [0.1, 0.15) is 0 Å². The third-order valence-electron chi connectivity index (χ3n) is 3.86. The van der Waals surface area contributed by atoms with Crippen molar-refractivity contribution in [2.75, 3.05) is 13.7 Å². The Morgan fingerprint density at radius 3 is 2.65 bits per heavy atom. The number of hydrogen-bond donors (Lipinski definition) is 2. The highest BCUT2D eigenvalue weighted by Crippen LogP contribution is 2.18. The molecule has 23 heavy (non-hydrogen) atoms. The first-order valence-electron chi connectivity index (χ1n) is 7.28. The normalized spacial score (nSPS) is 21.3. The van der Waals surface area contributed by atoms with Crippen LogP contribution < -0.4 is 10.0 Å². The molecule has 2 rings (SSSR count). The SMILES string of the molecule is COC(=O)c1ccc(S(=O)(=O)NC2CCNC(C)C2)cc1C.Cl. The van der Waals surface area contributed by atoms with Gasteiger partial charge < -0.3 is 10.1 Å². The number of benzene rings is 1. The lowest BCUT2D eigenvalue weighted by molar-refractivity contribution is 0.0600. The summed E-state index contributed by atoms with van der Waals surface area (Å²) in [5.74, 6) is -0.471. The van der Waals surface area contributed by atoms with Gasteiger partial charge in [0, 0.05) is 12.1 Å². The Bertz CT molecular complexity index is 663. The van der Waals surface area contributed by atoms with Crippen LogP contribution in [0.2, 0.25) is 0 Å². The van der Waals surface area contributed by atoms with Crippen molar-refractivity contribution in [3.05, 3.63) is 29.3 Å². The average molecular weight is 363 g/mol. The molecule has 0 bridgehead atoms. The Kier molecular flexibility index (Phi) is 7.01. The maximum Gasteiger partial charge on any atom is 0.338 e. The van der Waals surface area contributed by atoms with Gasteiger partial charge >= 0.3 is 5.97 Å². The molecule has 2 N–H and O–H groups in total. The molecule has 1 aliphatic rings. The Labute approximate surface area is 143 Å². The van der Waals surface area contributed by atoms with E-state index in [0.29, 0.717) is 17.2 Å². The topological polar surface area (TPSA) is 84.5 Å². The van der Waals surface area contributed by atoms with Crippen LogP contribution in [-0.2, 0) is 14.8 Å². The summed E-state index contributed by atoms with van der Waals surface area (Å²) < 4.78 is 32.3. The van der Waals surface area contributed by atoms with Gasteiger partial charge in [0.2, 0.25) is 10.0 Å². The van der Waals surface area contributed by atoms with E-state index in [-0.39, 0.29) is 23.3 Å². The molecule has 130 valence electrons. The van der Waals surface area contributed by atoms with Gasteiger partial charge in [-0.1, -0.05) is 0 Å². The van der Waals surface area contributed by atoms with E-state index in [4.69, 9.17) is 0 Å². The second-order valence-electron chi connectivity index (χ2n) is 5.67. The summed E-state index contributed by atoms with van der Waals surface area (Å²) in [6.07, 6.45) is 1.53. The van der Waals surface area contributed by atoms with Crippen molar-refractivity contribution in [2.24, 2.45) is 0 Å². The van der Waals surface area contributed by atoms with Crippen LogP contribution in [0, 0.1) is 6.92 Å². The smallest absolute Gasteiger partial charge is 0.338 e. The van der Waals surface area contributed by atoms with Crippen molar-refractivity contribution in [1.82, 2.24) is 10.0 Å². The average Bonchev–Trinajstić information content (AvgIpc) is 2.46. The molecule has 8 heteroatoms. The maximum absolute atomic E-state index is 12.5. The lowest BCUT2D eigenvalue weighted by Crippen LogP contribution is -2.46. The predicted octanol–water partition coefficient (Wildman–Crippen LogP) is 1.62. The highest BCUT2D eigenvalue weighted by Gasteiger charge is 2.25. The summed E-state index contributed by atoms with van der Waals surface area (Å²) in [6, 6.07) is 4.65. The van der Waals surface area contributed by atoms with Crippen LogP contribution in [0.5, 0.6) is 0 Å². The van der Waals surface area contributed by atoms with Crippen LogP contribution in [0.4, 0.5) is 0 Å². The van der Waals surface area contributed by atoms with Gasteiger partial charge in [0.15, 0.2) is 0 Å². The fourth-order valence-corrected chi connectivity index (χ4v) is 4.04. The van der Waals surface area contributed by atoms with Crippen molar-refractivity contribution >= 4 is 28.4 Å². The monoisotopic (exact) mass is 362 g/mol. The maximum atomic E-state index is 12.5. The molecule has 0 radical (unpaired) electrons. The van der Waals surface area contributed by atoms with Crippen molar-refractivity contribution < 1.29 is 17.9 Å². The number of piperidine rings is 1. The number of carbonyl (C=O) groups is 1. The van der Waals surface area contributed by atoms with Crippen molar-refractivity contribution in [1.29, 1.82) is 0 Å². The summed E-state index contributed by atoms with van der Waals surface area (Å²) in [5.41, 5.74) is 0.949. The number of ether oxygens (including phenoxy) is 1. The van der Waals surface area contributed by atoms with E-state index in [1.165, 1.54) is 25.3 Å². The predicted molar refractivity (Wildman–Crippen MR) is 90.6 cm³/mol. The van der Waals surface area contributed by atoms with E-state index in [1.54, 1.807) is 6.92 Å². The summed E-state index contributed by atoms with van der Waals surface area (Å²) in [5, 5.41) is 3.29. The van der Waals surface area contributed by atoms with E-state index in [2.05, 4.69) is 14.8 Å².